The van der Waals surface area contributed by atoms with Gasteiger partial charge in [-0.1, -0.05) is 6.07 Å². The maximum absolute atomic E-state index is 13.4. The first-order valence-corrected chi connectivity index (χ1v) is 10.6. The summed E-state index contributed by atoms with van der Waals surface area (Å²) in [4.78, 5) is 38.3. The molecule has 1 saturated heterocycles. The predicted octanol–water partition coefficient (Wildman–Crippen LogP) is 3.55. The van der Waals surface area contributed by atoms with E-state index in [2.05, 4.69) is 24.5 Å². The van der Waals surface area contributed by atoms with Gasteiger partial charge in [0, 0.05) is 60.6 Å². The Morgan fingerprint density at radius 3 is 2.68 bits per heavy atom. The molecular weight excluding hydrogens is 396 g/mol. The molecule has 31 heavy (non-hydrogen) atoms. The van der Waals surface area contributed by atoms with Gasteiger partial charge in [-0.05, 0) is 55.8 Å². The number of carbonyl (C=O) groups excluding carboxylic acids is 1. The van der Waals surface area contributed by atoms with Gasteiger partial charge in [0.15, 0.2) is 0 Å². The third kappa shape index (κ3) is 3.13. The van der Waals surface area contributed by atoms with Crippen molar-refractivity contribution in [1.82, 2.24) is 14.0 Å². The number of hydrogen-bond acceptors (Lipinski definition) is 4. The fourth-order valence-corrected chi connectivity index (χ4v) is 5.15. The maximum Gasteiger partial charge on any atom is 0.334 e. The number of fused-ring (bicyclic) bond motifs is 5. The van der Waals surface area contributed by atoms with Gasteiger partial charge < -0.3 is 14.0 Å². The number of benzene rings is 1. The smallest absolute Gasteiger partial charge is 0.334 e. The van der Waals surface area contributed by atoms with Crippen LogP contribution in [0.5, 0.6) is 0 Å². The number of pyridine rings is 1. The van der Waals surface area contributed by atoms with E-state index in [0.717, 1.165) is 23.0 Å². The summed E-state index contributed by atoms with van der Waals surface area (Å²) in [6.07, 6.45) is 2.93. The van der Waals surface area contributed by atoms with Gasteiger partial charge in [0.25, 0.3) is 5.91 Å². The summed E-state index contributed by atoms with van der Waals surface area (Å²) in [5.74, 6) is 0.109. The first kappa shape index (κ1) is 19.5. The molecule has 0 spiro atoms. The summed E-state index contributed by atoms with van der Waals surface area (Å²) < 4.78 is 3.70. The van der Waals surface area contributed by atoms with Crippen molar-refractivity contribution >= 4 is 22.5 Å². The topological polar surface area (TPSA) is 90.4 Å². The molecule has 8 heteroatoms. The normalized spacial score (nSPS) is 20.2. The summed E-state index contributed by atoms with van der Waals surface area (Å²) in [7, 11) is 0. The molecule has 0 N–H and O–H groups in total. The van der Waals surface area contributed by atoms with Crippen LogP contribution in [0.1, 0.15) is 48.3 Å². The molecule has 2 aliphatic rings. The van der Waals surface area contributed by atoms with E-state index in [1.54, 1.807) is 10.6 Å². The second-order valence-electron chi connectivity index (χ2n) is 8.92. The number of amides is 1. The highest BCUT2D eigenvalue weighted by Crippen LogP contribution is 2.36. The summed E-state index contributed by atoms with van der Waals surface area (Å²) in [6.45, 7) is 5.70. The molecule has 5 rings (SSSR count). The average molecular weight is 420 g/mol. The molecule has 2 atom stereocenters. The fourth-order valence-electron chi connectivity index (χ4n) is 5.15. The van der Waals surface area contributed by atoms with Gasteiger partial charge in [0.05, 0.1) is 4.92 Å². The van der Waals surface area contributed by atoms with Gasteiger partial charge in [0.1, 0.15) is 0 Å². The van der Waals surface area contributed by atoms with Gasteiger partial charge in [-0.3, -0.25) is 19.7 Å². The van der Waals surface area contributed by atoms with Gasteiger partial charge >= 0.3 is 11.2 Å². The lowest BCUT2D eigenvalue weighted by Crippen LogP contribution is -2.49. The second-order valence-corrected chi connectivity index (χ2v) is 8.92. The summed E-state index contributed by atoms with van der Waals surface area (Å²) in [5.41, 5.74) is 1.56. The Morgan fingerprint density at radius 2 is 1.94 bits per heavy atom. The van der Waals surface area contributed by atoms with Crippen LogP contribution in [-0.2, 0) is 6.54 Å². The van der Waals surface area contributed by atoms with E-state index in [-0.39, 0.29) is 17.7 Å². The lowest BCUT2D eigenvalue weighted by molar-refractivity contribution is -0.386. The minimum atomic E-state index is -0.626. The van der Waals surface area contributed by atoms with Crippen LogP contribution in [-0.4, -0.2) is 38.0 Å². The van der Waals surface area contributed by atoms with Gasteiger partial charge in [-0.25, -0.2) is 0 Å². The van der Waals surface area contributed by atoms with Crippen molar-refractivity contribution in [3.05, 3.63) is 74.3 Å². The van der Waals surface area contributed by atoms with Crippen LogP contribution in [0.3, 0.4) is 0 Å². The minimum absolute atomic E-state index is 0.00760. The molecule has 8 nitrogen and oxygen atoms in total. The summed E-state index contributed by atoms with van der Waals surface area (Å²) in [5, 5.41) is 12.2. The molecule has 0 radical (unpaired) electrons. The van der Waals surface area contributed by atoms with E-state index in [0.29, 0.717) is 31.2 Å². The SMILES string of the molecule is CC(C)n1ccc2ccc(C(=O)N3C[C@H]4C[C@@H](C3)c3ccc([N+](=O)[O-])c(=O)n3C4)cc21. The molecule has 1 amide bonds. The zero-order chi connectivity index (χ0) is 21.9. The van der Waals surface area contributed by atoms with Crippen LogP contribution >= 0.6 is 0 Å². The Hall–Kier alpha value is -3.42. The minimum Gasteiger partial charge on any atom is -0.345 e. The van der Waals surface area contributed by atoms with E-state index in [4.69, 9.17) is 0 Å². The molecule has 0 saturated carbocycles. The molecule has 2 aliphatic heterocycles. The Bertz CT molecular complexity index is 1270. The predicted molar refractivity (Wildman–Crippen MR) is 116 cm³/mol. The van der Waals surface area contributed by atoms with Crippen molar-refractivity contribution in [1.29, 1.82) is 0 Å². The Labute approximate surface area is 178 Å². The lowest BCUT2D eigenvalue weighted by atomic mass is 9.83. The van der Waals surface area contributed by atoms with Crippen LogP contribution in [0.25, 0.3) is 10.9 Å². The molecular formula is C23H24N4O4. The lowest BCUT2D eigenvalue weighted by Gasteiger charge is -2.42. The van der Waals surface area contributed by atoms with E-state index in [1.165, 1.54) is 6.07 Å². The summed E-state index contributed by atoms with van der Waals surface area (Å²) >= 11 is 0. The number of rotatable bonds is 3. The molecule has 1 aromatic carbocycles. The van der Waals surface area contributed by atoms with Gasteiger partial charge in [-0.2, -0.15) is 0 Å². The molecule has 0 unspecified atom stereocenters. The van der Waals surface area contributed by atoms with Crippen molar-refractivity contribution in [3.8, 4) is 0 Å². The number of hydrogen-bond donors (Lipinski definition) is 0. The number of carbonyl (C=O) groups is 1. The highest BCUT2D eigenvalue weighted by atomic mass is 16.6. The van der Waals surface area contributed by atoms with Crippen LogP contribution in [0.15, 0.2) is 47.4 Å². The third-order valence-corrected chi connectivity index (χ3v) is 6.59. The molecule has 2 aromatic heterocycles. The molecule has 4 heterocycles. The Morgan fingerprint density at radius 1 is 1.13 bits per heavy atom. The number of aromatic nitrogens is 2. The highest BCUT2D eigenvalue weighted by molar-refractivity contribution is 5.98. The quantitative estimate of drug-likeness (QED) is 0.479. The van der Waals surface area contributed by atoms with Crippen molar-refractivity contribution in [2.24, 2.45) is 5.92 Å². The van der Waals surface area contributed by atoms with Crippen molar-refractivity contribution < 1.29 is 9.72 Å². The van der Waals surface area contributed by atoms with E-state index < -0.39 is 16.2 Å². The zero-order valence-electron chi connectivity index (χ0n) is 17.5. The summed E-state index contributed by atoms with van der Waals surface area (Å²) in [6, 6.07) is 11.2. The standard InChI is InChI=1S/C23H24N4O4/c1-14(2)25-8-7-16-3-4-17(10-21(16)25)22(28)24-11-15-9-18(13-24)19-5-6-20(27(30)31)23(29)26(19)12-15/h3-8,10,14-15,18H,9,11-13H2,1-2H3/t15-,18+/m1/s1. The molecule has 3 aromatic rings. The van der Waals surface area contributed by atoms with Crippen LogP contribution < -0.4 is 5.56 Å². The van der Waals surface area contributed by atoms with E-state index >= 15 is 0 Å². The number of nitro groups is 1. The van der Waals surface area contributed by atoms with E-state index in [1.807, 2.05) is 29.3 Å². The monoisotopic (exact) mass is 420 g/mol. The average Bonchev–Trinajstić information content (AvgIpc) is 3.17. The largest absolute Gasteiger partial charge is 0.345 e. The van der Waals surface area contributed by atoms with Gasteiger partial charge in [-0.15, -0.1) is 0 Å². The second kappa shape index (κ2) is 7.08. The zero-order valence-corrected chi connectivity index (χ0v) is 17.5. The number of piperidine rings is 1. The fraction of sp³-hybridized carbons (Fsp3) is 0.391. The maximum atomic E-state index is 13.4. The van der Waals surface area contributed by atoms with Gasteiger partial charge in [0.2, 0.25) is 0 Å². The number of likely N-dealkylation sites (tertiary alicyclic amines) is 1. The molecule has 0 aliphatic carbocycles. The van der Waals surface area contributed by atoms with E-state index in [9.17, 15) is 19.7 Å². The third-order valence-electron chi connectivity index (χ3n) is 6.59. The van der Waals surface area contributed by atoms with Crippen LogP contribution in [0, 0.1) is 16.0 Å². The first-order valence-electron chi connectivity index (χ1n) is 10.6. The Kier molecular flexibility index (Phi) is 4.46. The highest BCUT2D eigenvalue weighted by Gasteiger charge is 2.37. The van der Waals surface area contributed by atoms with Crippen LogP contribution in [0.2, 0.25) is 0 Å². The molecule has 160 valence electrons. The van der Waals surface area contributed by atoms with Crippen molar-refractivity contribution in [3.63, 3.8) is 0 Å². The van der Waals surface area contributed by atoms with Crippen molar-refractivity contribution in [2.45, 2.75) is 38.8 Å². The number of nitrogens with zero attached hydrogens (tertiary/aromatic N) is 4. The molecule has 2 bridgehead atoms. The van der Waals surface area contributed by atoms with Crippen molar-refractivity contribution in [2.75, 3.05) is 13.1 Å². The first-order chi connectivity index (χ1) is 14.8. The Balaban J connectivity index is 1.45. The van der Waals surface area contributed by atoms with Crippen LogP contribution in [0.4, 0.5) is 5.69 Å². The molecule has 1 fully saturated rings.